The van der Waals surface area contributed by atoms with E-state index in [9.17, 15) is 22.4 Å². The standard InChI is InChI=1S/C10H7BrF4INO/c11-5-1-2-7(16)6(3-5)8(18)17-4-10(14,15)9(12)13/h1-3,9H,4H2,(H,17,18). The number of amides is 1. The van der Waals surface area contributed by atoms with Gasteiger partial charge in [-0.15, -0.1) is 0 Å². The van der Waals surface area contributed by atoms with Crippen LogP contribution in [-0.4, -0.2) is 24.8 Å². The van der Waals surface area contributed by atoms with Crippen LogP contribution >= 0.6 is 38.5 Å². The first-order chi connectivity index (χ1) is 8.24. The summed E-state index contributed by atoms with van der Waals surface area (Å²) in [6.45, 7) is -1.40. The summed E-state index contributed by atoms with van der Waals surface area (Å²) in [4.78, 5) is 11.6. The lowest BCUT2D eigenvalue weighted by molar-refractivity contribution is -0.123. The van der Waals surface area contributed by atoms with Gasteiger partial charge >= 0.3 is 12.3 Å². The molecule has 0 unspecified atom stereocenters. The first-order valence-corrected chi connectivity index (χ1v) is 6.50. The number of nitrogens with one attached hydrogen (secondary N) is 1. The Morgan fingerprint density at radius 3 is 2.61 bits per heavy atom. The summed E-state index contributed by atoms with van der Waals surface area (Å²) in [6.07, 6.45) is -3.81. The second kappa shape index (κ2) is 6.18. The molecular weight excluding hydrogens is 433 g/mol. The predicted molar refractivity (Wildman–Crippen MR) is 70.1 cm³/mol. The average Bonchev–Trinajstić information content (AvgIpc) is 2.29. The van der Waals surface area contributed by atoms with Gasteiger partial charge in [-0.05, 0) is 40.8 Å². The van der Waals surface area contributed by atoms with Crippen molar-refractivity contribution in [2.24, 2.45) is 0 Å². The highest BCUT2D eigenvalue weighted by Crippen LogP contribution is 2.22. The zero-order chi connectivity index (χ0) is 13.9. The van der Waals surface area contributed by atoms with Crippen molar-refractivity contribution in [2.75, 3.05) is 6.54 Å². The molecule has 0 fully saturated rings. The predicted octanol–water partition coefficient (Wildman–Crippen LogP) is 3.68. The second-order valence-electron chi connectivity index (χ2n) is 3.37. The summed E-state index contributed by atoms with van der Waals surface area (Å²) in [7, 11) is 0. The average molecular weight is 440 g/mol. The van der Waals surface area contributed by atoms with Crippen LogP contribution in [0, 0.1) is 3.57 Å². The van der Waals surface area contributed by atoms with Gasteiger partial charge in [-0.25, -0.2) is 8.78 Å². The highest BCUT2D eigenvalue weighted by Gasteiger charge is 2.40. The van der Waals surface area contributed by atoms with Gasteiger partial charge in [0.25, 0.3) is 5.91 Å². The van der Waals surface area contributed by atoms with Crippen molar-refractivity contribution in [1.29, 1.82) is 0 Å². The van der Waals surface area contributed by atoms with Crippen LogP contribution in [0.2, 0.25) is 0 Å². The summed E-state index contributed by atoms with van der Waals surface area (Å²) >= 11 is 4.98. The molecule has 1 amide bonds. The first-order valence-electron chi connectivity index (χ1n) is 4.63. The number of rotatable bonds is 4. The number of hydrogen-bond donors (Lipinski definition) is 1. The lowest BCUT2D eigenvalue weighted by Crippen LogP contribution is -2.41. The molecule has 0 heterocycles. The number of carbonyl (C=O) groups is 1. The van der Waals surface area contributed by atoms with E-state index in [0.717, 1.165) is 0 Å². The number of hydrogen-bond acceptors (Lipinski definition) is 1. The third-order valence-electron chi connectivity index (χ3n) is 1.98. The van der Waals surface area contributed by atoms with Crippen LogP contribution in [0.4, 0.5) is 17.6 Å². The molecule has 1 N–H and O–H groups in total. The van der Waals surface area contributed by atoms with E-state index in [0.29, 0.717) is 8.04 Å². The topological polar surface area (TPSA) is 29.1 Å². The van der Waals surface area contributed by atoms with Gasteiger partial charge in [-0.2, -0.15) is 8.78 Å². The first kappa shape index (κ1) is 15.7. The monoisotopic (exact) mass is 439 g/mol. The largest absolute Gasteiger partial charge is 0.346 e. The Morgan fingerprint density at radius 2 is 2.06 bits per heavy atom. The van der Waals surface area contributed by atoms with Gasteiger partial charge in [0, 0.05) is 8.04 Å². The molecule has 0 spiro atoms. The van der Waals surface area contributed by atoms with Crippen LogP contribution in [0.25, 0.3) is 0 Å². The van der Waals surface area contributed by atoms with Gasteiger partial charge in [0.15, 0.2) is 0 Å². The van der Waals surface area contributed by atoms with Crippen molar-refractivity contribution in [2.45, 2.75) is 12.3 Å². The fourth-order valence-electron chi connectivity index (χ4n) is 1.04. The zero-order valence-corrected chi connectivity index (χ0v) is 12.4. The fraction of sp³-hybridized carbons (Fsp3) is 0.300. The van der Waals surface area contributed by atoms with E-state index in [2.05, 4.69) is 15.9 Å². The summed E-state index contributed by atoms with van der Waals surface area (Å²) in [5, 5.41) is 1.79. The summed E-state index contributed by atoms with van der Waals surface area (Å²) in [5.74, 6) is -5.05. The van der Waals surface area contributed by atoms with E-state index in [1.165, 1.54) is 6.07 Å². The minimum atomic E-state index is -4.23. The molecule has 0 aliphatic carbocycles. The maximum atomic E-state index is 12.6. The van der Waals surface area contributed by atoms with Crippen molar-refractivity contribution in [3.8, 4) is 0 Å². The molecule has 0 aliphatic rings. The molecule has 0 saturated carbocycles. The quantitative estimate of drug-likeness (QED) is 0.562. The minimum absolute atomic E-state index is 0.148. The number of benzene rings is 1. The summed E-state index contributed by atoms with van der Waals surface area (Å²) in [6, 6.07) is 4.70. The van der Waals surface area contributed by atoms with Gasteiger partial charge < -0.3 is 5.32 Å². The molecule has 1 aromatic carbocycles. The van der Waals surface area contributed by atoms with E-state index in [1.807, 2.05) is 22.6 Å². The van der Waals surface area contributed by atoms with Gasteiger partial charge in [0.2, 0.25) is 0 Å². The van der Waals surface area contributed by atoms with Gasteiger partial charge in [0.05, 0.1) is 12.1 Å². The Kier molecular flexibility index (Phi) is 5.38. The third-order valence-corrected chi connectivity index (χ3v) is 3.41. The number of carbonyl (C=O) groups excluding carboxylic acids is 1. The van der Waals surface area contributed by atoms with Crippen LogP contribution in [0.3, 0.4) is 0 Å². The summed E-state index contributed by atoms with van der Waals surface area (Å²) in [5.41, 5.74) is 0.148. The molecule has 100 valence electrons. The van der Waals surface area contributed by atoms with Crippen LogP contribution in [0.1, 0.15) is 10.4 Å². The van der Waals surface area contributed by atoms with Crippen LogP contribution in [0.15, 0.2) is 22.7 Å². The van der Waals surface area contributed by atoms with E-state index >= 15 is 0 Å². The third kappa shape index (κ3) is 4.08. The number of alkyl halides is 4. The van der Waals surface area contributed by atoms with Gasteiger partial charge in [-0.1, -0.05) is 15.9 Å². The fourth-order valence-corrected chi connectivity index (χ4v) is 1.98. The Balaban J connectivity index is 2.75. The Bertz CT molecular complexity index is 456. The van der Waals surface area contributed by atoms with E-state index in [4.69, 9.17) is 0 Å². The summed E-state index contributed by atoms with van der Waals surface area (Å²) < 4.78 is 50.2. The van der Waals surface area contributed by atoms with Gasteiger partial charge in [0.1, 0.15) is 0 Å². The molecular formula is C10H7BrF4INO. The maximum absolute atomic E-state index is 12.6. The lowest BCUT2D eigenvalue weighted by atomic mass is 10.2. The van der Waals surface area contributed by atoms with E-state index < -0.39 is 24.8 Å². The molecule has 18 heavy (non-hydrogen) atoms. The highest BCUT2D eigenvalue weighted by molar-refractivity contribution is 14.1. The molecule has 1 aromatic rings. The van der Waals surface area contributed by atoms with E-state index in [-0.39, 0.29) is 5.56 Å². The molecule has 1 rings (SSSR count). The van der Waals surface area contributed by atoms with Crippen molar-refractivity contribution in [1.82, 2.24) is 5.32 Å². The van der Waals surface area contributed by atoms with Crippen LogP contribution < -0.4 is 5.32 Å². The molecule has 0 bridgehead atoms. The highest BCUT2D eigenvalue weighted by atomic mass is 127. The Labute approximate surface area is 122 Å². The molecule has 0 saturated heterocycles. The van der Waals surface area contributed by atoms with Crippen molar-refractivity contribution >= 4 is 44.4 Å². The molecule has 0 aliphatic heterocycles. The molecule has 0 atom stereocenters. The molecule has 0 radical (unpaired) electrons. The second-order valence-corrected chi connectivity index (χ2v) is 5.45. The van der Waals surface area contributed by atoms with Crippen molar-refractivity contribution < 1.29 is 22.4 Å². The normalized spacial score (nSPS) is 11.7. The van der Waals surface area contributed by atoms with E-state index in [1.54, 1.807) is 17.4 Å². The smallest absolute Gasteiger partial charge is 0.324 e. The van der Waals surface area contributed by atoms with Crippen LogP contribution in [-0.2, 0) is 0 Å². The maximum Gasteiger partial charge on any atom is 0.324 e. The van der Waals surface area contributed by atoms with Crippen molar-refractivity contribution in [3.63, 3.8) is 0 Å². The molecule has 0 aromatic heterocycles. The van der Waals surface area contributed by atoms with Crippen LogP contribution in [0.5, 0.6) is 0 Å². The Hall–Kier alpha value is -0.380. The zero-order valence-electron chi connectivity index (χ0n) is 8.69. The SMILES string of the molecule is O=C(NCC(F)(F)C(F)F)c1cc(Br)ccc1I. The molecule has 8 heteroatoms. The number of halogens is 6. The van der Waals surface area contributed by atoms with Gasteiger partial charge in [-0.3, -0.25) is 4.79 Å². The lowest BCUT2D eigenvalue weighted by Gasteiger charge is -2.16. The Morgan fingerprint density at radius 1 is 1.44 bits per heavy atom. The minimum Gasteiger partial charge on any atom is -0.346 e. The molecule has 2 nitrogen and oxygen atoms in total. The van der Waals surface area contributed by atoms with Crippen molar-refractivity contribution in [3.05, 3.63) is 31.8 Å².